The maximum Gasteiger partial charge on any atom is 0.419 e. The number of H-pyrrole nitrogens is 1. The van der Waals surface area contributed by atoms with Gasteiger partial charge in [-0.25, -0.2) is 15.0 Å². The molecular weight excluding hydrogens is 419 g/mol. The minimum Gasteiger partial charge on any atom is -0.388 e. The normalized spacial score (nSPS) is 16.1. The number of nitrogens with one attached hydrogen (secondary N) is 2. The lowest BCUT2D eigenvalue weighted by molar-refractivity contribution is -0.364. The number of aromatic nitrogens is 3. The molecule has 3 heterocycles. The Morgan fingerprint density at radius 2 is 2.00 bits per heavy atom. The van der Waals surface area contributed by atoms with E-state index in [0.29, 0.717) is 30.2 Å². The summed E-state index contributed by atoms with van der Waals surface area (Å²) < 4.78 is 38.2. The van der Waals surface area contributed by atoms with Crippen LogP contribution >= 0.6 is 11.6 Å². The first-order valence-electron chi connectivity index (χ1n) is 9.04. The Morgan fingerprint density at radius 3 is 2.73 bits per heavy atom. The minimum atomic E-state index is -4.47. The van der Waals surface area contributed by atoms with Crippen LogP contribution in [0.2, 0.25) is 5.02 Å². The van der Waals surface area contributed by atoms with Crippen LogP contribution in [0.4, 0.5) is 19.0 Å². The highest BCUT2D eigenvalue weighted by atomic mass is 35.5. The Balaban J connectivity index is 1.38. The van der Waals surface area contributed by atoms with Crippen LogP contribution in [-0.4, -0.2) is 28.3 Å². The second kappa shape index (κ2) is 8.27. The van der Waals surface area contributed by atoms with Crippen molar-refractivity contribution in [3.63, 3.8) is 0 Å². The SMILES string of the molecule is FC(F)(F)c1c[nH+]c(NC[C@H]2CC(c3ccnc(-c4ccccc4)n3)=NO2)c(Cl)c1. The van der Waals surface area contributed by atoms with Crippen molar-refractivity contribution < 1.29 is 23.0 Å². The van der Waals surface area contributed by atoms with E-state index in [1.54, 1.807) is 12.3 Å². The molecule has 0 saturated carbocycles. The quantitative estimate of drug-likeness (QED) is 0.652. The van der Waals surface area contributed by atoms with Gasteiger partial charge in [-0.05, 0) is 12.1 Å². The molecule has 30 heavy (non-hydrogen) atoms. The Labute approximate surface area is 174 Å². The maximum absolute atomic E-state index is 12.7. The van der Waals surface area contributed by atoms with Gasteiger partial charge in [0.25, 0.3) is 5.82 Å². The van der Waals surface area contributed by atoms with Crippen LogP contribution in [0.5, 0.6) is 0 Å². The van der Waals surface area contributed by atoms with Crippen molar-refractivity contribution in [2.24, 2.45) is 5.16 Å². The van der Waals surface area contributed by atoms with Gasteiger partial charge >= 0.3 is 6.18 Å². The lowest BCUT2D eigenvalue weighted by Gasteiger charge is -2.08. The molecule has 0 amide bonds. The predicted molar refractivity (Wildman–Crippen MR) is 105 cm³/mol. The molecule has 0 bridgehead atoms. The third kappa shape index (κ3) is 4.51. The number of halogens is 4. The van der Waals surface area contributed by atoms with Gasteiger partial charge in [0.05, 0.1) is 11.3 Å². The van der Waals surface area contributed by atoms with Crippen molar-refractivity contribution in [1.82, 2.24) is 9.97 Å². The number of benzene rings is 1. The van der Waals surface area contributed by atoms with E-state index in [9.17, 15) is 13.2 Å². The zero-order valence-corrected chi connectivity index (χ0v) is 16.2. The third-order valence-corrected chi connectivity index (χ3v) is 4.74. The van der Waals surface area contributed by atoms with E-state index in [1.807, 2.05) is 30.3 Å². The molecule has 0 aliphatic carbocycles. The van der Waals surface area contributed by atoms with Gasteiger partial charge in [0.2, 0.25) is 0 Å². The summed E-state index contributed by atoms with van der Waals surface area (Å²) in [7, 11) is 0. The lowest BCUT2D eigenvalue weighted by Crippen LogP contribution is -2.25. The molecule has 0 spiro atoms. The smallest absolute Gasteiger partial charge is 0.388 e. The fraction of sp³-hybridized carbons (Fsp3) is 0.200. The van der Waals surface area contributed by atoms with Crippen LogP contribution in [0.25, 0.3) is 11.4 Å². The first-order valence-corrected chi connectivity index (χ1v) is 9.42. The average molecular weight is 435 g/mol. The van der Waals surface area contributed by atoms with Crippen LogP contribution < -0.4 is 10.3 Å². The third-order valence-electron chi connectivity index (χ3n) is 4.44. The number of rotatable bonds is 5. The predicted octanol–water partition coefficient (Wildman–Crippen LogP) is 4.24. The van der Waals surface area contributed by atoms with E-state index < -0.39 is 11.7 Å². The summed E-state index contributed by atoms with van der Waals surface area (Å²) in [5.41, 5.74) is 1.37. The zero-order chi connectivity index (χ0) is 21.1. The molecule has 154 valence electrons. The van der Waals surface area contributed by atoms with E-state index in [4.69, 9.17) is 16.4 Å². The Kier molecular flexibility index (Phi) is 5.54. The Morgan fingerprint density at radius 1 is 1.20 bits per heavy atom. The Hall–Kier alpha value is -3.20. The number of anilines is 1. The van der Waals surface area contributed by atoms with Gasteiger partial charge in [0, 0.05) is 18.2 Å². The molecule has 2 N–H and O–H groups in total. The van der Waals surface area contributed by atoms with E-state index in [0.717, 1.165) is 17.8 Å². The number of hydrogen-bond acceptors (Lipinski definition) is 5. The monoisotopic (exact) mass is 434 g/mol. The fourth-order valence-electron chi connectivity index (χ4n) is 2.92. The van der Waals surface area contributed by atoms with Gasteiger partial charge in [-0.3, -0.25) is 5.32 Å². The number of alkyl halides is 3. The maximum atomic E-state index is 12.7. The molecule has 4 rings (SSSR count). The largest absolute Gasteiger partial charge is 0.419 e. The number of hydrogen-bond donors (Lipinski definition) is 1. The molecule has 2 aromatic heterocycles. The van der Waals surface area contributed by atoms with Crippen LogP contribution in [0, 0.1) is 0 Å². The van der Waals surface area contributed by atoms with Gasteiger partial charge in [-0.2, -0.15) is 13.2 Å². The van der Waals surface area contributed by atoms with E-state index >= 15 is 0 Å². The summed E-state index contributed by atoms with van der Waals surface area (Å²) in [6.07, 6.45) is -1.78. The summed E-state index contributed by atoms with van der Waals surface area (Å²) in [5, 5.41) is 6.99. The molecule has 0 radical (unpaired) electrons. The molecule has 3 aromatic rings. The van der Waals surface area contributed by atoms with Crippen molar-refractivity contribution >= 4 is 23.1 Å². The van der Waals surface area contributed by atoms with Gasteiger partial charge in [0.1, 0.15) is 23.5 Å². The molecule has 1 atom stereocenters. The van der Waals surface area contributed by atoms with Gasteiger partial charge in [0.15, 0.2) is 11.9 Å². The number of nitrogens with zero attached hydrogens (tertiary/aromatic N) is 3. The zero-order valence-electron chi connectivity index (χ0n) is 15.4. The van der Waals surface area contributed by atoms with Crippen molar-refractivity contribution in [2.45, 2.75) is 18.7 Å². The van der Waals surface area contributed by atoms with Crippen molar-refractivity contribution in [1.29, 1.82) is 0 Å². The highest BCUT2D eigenvalue weighted by Gasteiger charge is 2.33. The molecular formula is C20H16ClF3N5O+. The van der Waals surface area contributed by atoms with Crippen LogP contribution in [0.15, 0.2) is 60.0 Å². The second-order valence-corrected chi connectivity index (χ2v) is 7.00. The van der Waals surface area contributed by atoms with Crippen LogP contribution in [0.1, 0.15) is 17.7 Å². The average Bonchev–Trinajstić information content (AvgIpc) is 3.22. The lowest BCUT2D eigenvalue weighted by atomic mass is 10.1. The molecule has 1 aliphatic rings. The summed E-state index contributed by atoms with van der Waals surface area (Å²) in [6.45, 7) is 0.297. The fourth-order valence-corrected chi connectivity index (χ4v) is 3.16. The van der Waals surface area contributed by atoms with E-state index in [-0.39, 0.29) is 16.9 Å². The van der Waals surface area contributed by atoms with Gasteiger partial charge in [-0.15, -0.1) is 0 Å². The highest BCUT2D eigenvalue weighted by molar-refractivity contribution is 6.32. The molecule has 0 fully saturated rings. The standard InChI is InChI=1S/C20H15ClF3N5O/c21-15-8-13(20(22,23)24)10-26-19(15)27-11-14-9-17(29-30-14)16-6-7-25-18(28-16)12-4-2-1-3-5-12/h1-8,10,14H,9,11H2,(H,26,27)/p+1/t14-/m1/s1. The first kappa shape index (κ1) is 20.1. The summed E-state index contributed by atoms with van der Waals surface area (Å²) in [4.78, 5) is 16.8. The van der Waals surface area contributed by atoms with E-state index in [2.05, 4.69) is 25.4 Å². The van der Waals surface area contributed by atoms with Crippen molar-refractivity contribution in [3.05, 3.63) is 71.1 Å². The van der Waals surface area contributed by atoms with Crippen molar-refractivity contribution in [3.8, 4) is 11.4 Å². The molecule has 10 heteroatoms. The molecule has 6 nitrogen and oxygen atoms in total. The number of pyridine rings is 1. The second-order valence-electron chi connectivity index (χ2n) is 6.59. The molecule has 1 aliphatic heterocycles. The van der Waals surface area contributed by atoms with Crippen molar-refractivity contribution in [2.75, 3.05) is 11.9 Å². The molecule has 0 saturated heterocycles. The van der Waals surface area contributed by atoms with Gasteiger partial charge < -0.3 is 4.84 Å². The number of oxime groups is 1. The van der Waals surface area contributed by atoms with Crippen LogP contribution in [-0.2, 0) is 11.0 Å². The summed E-state index contributed by atoms with van der Waals surface area (Å²) in [5.74, 6) is 0.860. The minimum absolute atomic E-state index is 0.0627. The molecule has 0 unspecified atom stereocenters. The van der Waals surface area contributed by atoms with Gasteiger partial charge in [-0.1, -0.05) is 47.1 Å². The topological polar surface area (TPSA) is 73.5 Å². The van der Waals surface area contributed by atoms with Crippen LogP contribution in [0.3, 0.4) is 0 Å². The highest BCUT2D eigenvalue weighted by Crippen LogP contribution is 2.31. The summed E-state index contributed by atoms with van der Waals surface area (Å²) in [6, 6.07) is 12.2. The number of aromatic amines is 1. The van der Waals surface area contributed by atoms with E-state index in [1.165, 1.54) is 0 Å². The Bertz CT molecular complexity index is 1080. The first-order chi connectivity index (χ1) is 14.4. The molecule has 1 aromatic carbocycles. The summed E-state index contributed by atoms with van der Waals surface area (Å²) >= 11 is 5.94.